The predicted molar refractivity (Wildman–Crippen MR) is 110 cm³/mol. The molecule has 0 radical (unpaired) electrons. The van der Waals surface area contributed by atoms with Crippen molar-refractivity contribution in [1.82, 2.24) is 9.78 Å². The molecule has 1 amide bonds. The monoisotopic (exact) mass is 427 g/mol. The van der Waals surface area contributed by atoms with E-state index < -0.39 is 0 Å². The Morgan fingerprint density at radius 3 is 2.63 bits per heavy atom. The van der Waals surface area contributed by atoms with Gasteiger partial charge in [0.2, 0.25) is 0 Å². The van der Waals surface area contributed by atoms with E-state index in [1.807, 2.05) is 48.5 Å². The Bertz CT molecular complexity index is 904. The van der Waals surface area contributed by atoms with E-state index in [-0.39, 0.29) is 12.5 Å². The second-order valence-corrected chi connectivity index (χ2v) is 7.45. The maximum Gasteiger partial charge on any atom is 0.263 e. The summed E-state index contributed by atoms with van der Waals surface area (Å²) in [4.78, 5) is 12.3. The minimum atomic E-state index is -0.217. The Labute approximate surface area is 167 Å². The minimum absolute atomic E-state index is 0.0484. The Hall–Kier alpha value is -2.60. The summed E-state index contributed by atoms with van der Waals surface area (Å²) in [5.74, 6) is 1.50. The third kappa shape index (κ3) is 5.20. The molecular formula is C21H22BrN3O2. The zero-order valence-corrected chi connectivity index (χ0v) is 16.9. The number of amides is 1. The first-order valence-electron chi connectivity index (χ1n) is 8.81. The molecule has 5 nitrogen and oxygen atoms in total. The van der Waals surface area contributed by atoms with Gasteiger partial charge in [0.1, 0.15) is 11.6 Å². The first kappa shape index (κ1) is 19.2. The lowest BCUT2D eigenvalue weighted by molar-refractivity contribution is -0.118. The number of hydrogen-bond acceptors (Lipinski definition) is 3. The van der Waals surface area contributed by atoms with Gasteiger partial charge >= 0.3 is 0 Å². The summed E-state index contributed by atoms with van der Waals surface area (Å²) in [7, 11) is 0. The van der Waals surface area contributed by atoms with Crippen molar-refractivity contribution in [3.05, 3.63) is 76.4 Å². The molecule has 140 valence electrons. The van der Waals surface area contributed by atoms with E-state index in [0.29, 0.717) is 18.3 Å². The van der Waals surface area contributed by atoms with Crippen LogP contribution in [0.25, 0.3) is 0 Å². The highest BCUT2D eigenvalue weighted by atomic mass is 79.9. The maximum atomic E-state index is 12.3. The summed E-state index contributed by atoms with van der Waals surface area (Å²) in [6.07, 6.45) is 1.67. The molecule has 0 saturated heterocycles. The van der Waals surface area contributed by atoms with Gasteiger partial charge < -0.3 is 10.1 Å². The fourth-order valence-corrected chi connectivity index (χ4v) is 3.00. The molecule has 0 aliphatic carbocycles. The minimum Gasteiger partial charge on any atom is -0.483 e. The van der Waals surface area contributed by atoms with Gasteiger partial charge in [-0.2, -0.15) is 5.10 Å². The zero-order valence-electron chi connectivity index (χ0n) is 15.4. The van der Waals surface area contributed by atoms with E-state index in [4.69, 9.17) is 4.74 Å². The Balaban J connectivity index is 1.61. The molecule has 27 heavy (non-hydrogen) atoms. The molecule has 1 heterocycles. The average Bonchev–Trinajstić information content (AvgIpc) is 3.08. The summed E-state index contributed by atoms with van der Waals surface area (Å²) in [5, 5.41) is 7.16. The largest absolute Gasteiger partial charge is 0.483 e. The number of aromatic nitrogens is 2. The van der Waals surface area contributed by atoms with Crippen molar-refractivity contribution < 1.29 is 9.53 Å². The van der Waals surface area contributed by atoms with Crippen molar-refractivity contribution in [2.45, 2.75) is 26.3 Å². The number of nitrogens with zero attached hydrogens (tertiary/aromatic N) is 2. The van der Waals surface area contributed by atoms with Crippen LogP contribution in [0.1, 0.15) is 30.9 Å². The highest BCUT2D eigenvalue weighted by Crippen LogP contribution is 2.25. The molecule has 0 spiro atoms. The molecule has 3 aromatic rings. The van der Waals surface area contributed by atoms with Gasteiger partial charge in [-0.05, 0) is 35.2 Å². The van der Waals surface area contributed by atoms with Gasteiger partial charge in [0, 0.05) is 10.5 Å². The van der Waals surface area contributed by atoms with Gasteiger partial charge in [-0.15, -0.1) is 0 Å². The molecule has 1 N–H and O–H groups in total. The number of carbonyl (C=O) groups is 1. The van der Waals surface area contributed by atoms with Crippen molar-refractivity contribution in [2.75, 3.05) is 11.9 Å². The Morgan fingerprint density at radius 2 is 1.89 bits per heavy atom. The number of carbonyl (C=O) groups excluding carboxylic acids is 1. The molecule has 0 unspecified atom stereocenters. The van der Waals surface area contributed by atoms with Crippen molar-refractivity contribution in [2.24, 2.45) is 0 Å². The van der Waals surface area contributed by atoms with Crippen LogP contribution in [0, 0.1) is 0 Å². The van der Waals surface area contributed by atoms with E-state index in [1.165, 1.54) is 0 Å². The maximum absolute atomic E-state index is 12.3. The lowest BCUT2D eigenvalue weighted by Crippen LogP contribution is -2.22. The zero-order chi connectivity index (χ0) is 19.2. The Morgan fingerprint density at radius 1 is 1.15 bits per heavy atom. The summed E-state index contributed by atoms with van der Waals surface area (Å²) >= 11 is 3.43. The van der Waals surface area contributed by atoms with E-state index in [0.717, 1.165) is 21.3 Å². The van der Waals surface area contributed by atoms with Crippen LogP contribution in [-0.2, 0) is 11.3 Å². The van der Waals surface area contributed by atoms with Gasteiger partial charge in [-0.25, -0.2) is 4.68 Å². The third-order valence-electron chi connectivity index (χ3n) is 4.13. The fourth-order valence-electron chi connectivity index (χ4n) is 2.74. The third-order valence-corrected chi connectivity index (χ3v) is 4.66. The molecule has 3 rings (SSSR count). The van der Waals surface area contributed by atoms with Gasteiger partial charge in [-0.3, -0.25) is 4.79 Å². The standard InChI is InChI=1S/C21H22BrN3O2/c1-15(2)18-5-3-4-6-19(18)27-14-21(26)24-20-11-12-23-25(20)13-16-7-9-17(22)10-8-16/h3-12,15H,13-14H2,1-2H3,(H,24,26). The molecule has 0 bridgehead atoms. The van der Waals surface area contributed by atoms with Crippen LogP contribution in [-0.4, -0.2) is 22.3 Å². The molecule has 0 fully saturated rings. The summed E-state index contributed by atoms with van der Waals surface area (Å²) in [6, 6.07) is 17.6. The molecule has 6 heteroatoms. The number of hydrogen-bond donors (Lipinski definition) is 1. The molecule has 0 aliphatic rings. The second kappa shape index (κ2) is 8.86. The van der Waals surface area contributed by atoms with Crippen molar-refractivity contribution in [1.29, 1.82) is 0 Å². The van der Waals surface area contributed by atoms with Crippen LogP contribution in [0.15, 0.2) is 65.3 Å². The van der Waals surface area contributed by atoms with E-state index in [2.05, 4.69) is 40.2 Å². The topological polar surface area (TPSA) is 56.1 Å². The smallest absolute Gasteiger partial charge is 0.263 e. The second-order valence-electron chi connectivity index (χ2n) is 6.53. The number of rotatable bonds is 7. The van der Waals surface area contributed by atoms with Crippen molar-refractivity contribution in [3.63, 3.8) is 0 Å². The number of benzene rings is 2. The number of halogens is 1. The lowest BCUT2D eigenvalue weighted by Gasteiger charge is -2.14. The number of para-hydroxylation sites is 1. The number of nitrogens with one attached hydrogen (secondary N) is 1. The number of ether oxygens (including phenoxy) is 1. The first-order valence-corrected chi connectivity index (χ1v) is 9.60. The van der Waals surface area contributed by atoms with E-state index in [9.17, 15) is 4.79 Å². The van der Waals surface area contributed by atoms with Crippen LogP contribution in [0.4, 0.5) is 5.82 Å². The highest BCUT2D eigenvalue weighted by molar-refractivity contribution is 9.10. The van der Waals surface area contributed by atoms with E-state index >= 15 is 0 Å². The molecular weight excluding hydrogens is 406 g/mol. The fraction of sp³-hybridized carbons (Fsp3) is 0.238. The van der Waals surface area contributed by atoms with Crippen LogP contribution in [0.3, 0.4) is 0 Å². The van der Waals surface area contributed by atoms with Gasteiger partial charge in [0.05, 0.1) is 12.7 Å². The average molecular weight is 428 g/mol. The molecule has 0 aliphatic heterocycles. The van der Waals surface area contributed by atoms with Crippen LogP contribution in [0.5, 0.6) is 5.75 Å². The van der Waals surface area contributed by atoms with Gasteiger partial charge in [0.25, 0.3) is 5.91 Å². The van der Waals surface area contributed by atoms with Crippen LogP contribution in [0.2, 0.25) is 0 Å². The molecule has 1 aromatic heterocycles. The van der Waals surface area contributed by atoms with Gasteiger partial charge in [-0.1, -0.05) is 60.1 Å². The highest BCUT2D eigenvalue weighted by Gasteiger charge is 2.11. The molecule has 2 aromatic carbocycles. The summed E-state index contributed by atoms with van der Waals surface area (Å²) in [5.41, 5.74) is 2.19. The SMILES string of the molecule is CC(C)c1ccccc1OCC(=O)Nc1ccnn1Cc1ccc(Br)cc1. The van der Waals surface area contributed by atoms with Crippen molar-refractivity contribution in [3.8, 4) is 5.75 Å². The van der Waals surface area contributed by atoms with Crippen LogP contribution >= 0.6 is 15.9 Å². The number of anilines is 1. The lowest BCUT2D eigenvalue weighted by atomic mass is 10.0. The molecule has 0 saturated carbocycles. The van der Waals surface area contributed by atoms with E-state index in [1.54, 1.807) is 16.9 Å². The summed E-state index contributed by atoms with van der Waals surface area (Å²) < 4.78 is 8.51. The predicted octanol–water partition coefficient (Wildman–Crippen LogP) is 4.83. The summed E-state index contributed by atoms with van der Waals surface area (Å²) in [6.45, 7) is 4.73. The normalized spacial score (nSPS) is 10.8. The van der Waals surface area contributed by atoms with Crippen molar-refractivity contribution >= 4 is 27.7 Å². The first-order chi connectivity index (χ1) is 13.0. The quantitative estimate of drug-likeness (QED) is 0.586. The Kier molecular flexibility index (Phi) is 6.29. The van der Waals surface area contributed by atoms with Crippen LogP contribution < -0.4 is 10.1 Å². The molecule has 0 atom stereocenters. The van der Waals surface area contributed by atoms with Gasteiger partial charge in [0.15, 0.2) is 6.61 Å².